The van der Waals surface area contributed by atoms with Gasteiger partial charge in [-0.05, 0) is 23.3 Å². The standard InChI is InChI=1S/C13H6BBrO/c14-7-1-3-10-11(5-7)9-4-2-8(15)6-12(9)13(10)16/h1-6H. The SMILES string of the molecule is [B]c1ccc2c(c1)-c1ccc(Br)cc1C2=O. The molecule has 2 aromatic rings. The molecule has 74 valence electrons. The number of hydrogen-bond donors (Lipinski definition) is 0. The first kappa shape index (κ1) is 9.85. The number of carbonyl (C=O) groups excluding carboxylic acids is 1. The minimum Gasteiger partial charge on any atom is -0.289 e. The van der Waals surface area contributed by atoms with E-state index in [9.17, 15) is 4.79 Å². The molecule has 0 fully saturated rings. The first-order chi connectivity index (χ1) is 7.66. The Balaban J connectivity index is 2.36. The van der Waals surface area contributed by atoms with E-state index in [0.29, 0.717) is 5.46 Å². The number of ketones is 1. The summed E-state index contributed by atoms with van der Waals surface area (Å²) < 4.78 is 0.917. The largest absolute Gasteiger partial charge is 0.289 e. The molecular formula is C13H6BBrO. The van der Waals surface area contributed by atoms with E-state index in [4.69, 9.17) is 7.85 Å². The molecule has 0 bridgehead atoms. The second kappa shape index (κ2) is 3.32. The molecule has 0 saturated carbocycles. The minimum absolute atomic E-state index is 0.0753. The van der Waals surface area contributed by atoms with Gasteiger partial charge < -0.3 is 0 Å². The van der Waals surface area contributed by atoms with Crippen LogP contribution in [0, 0.1) is 0 Å². The van der Waals surface area contributed by atoms with Crippen molar-refractivity contribution in [3.05, 3.63) is 52.0 Å². The summed E-state index contributed by atoms with van der Waals surface area (Å²) in [6, 6.07) is 11.1. The van der Waals surface area contributed by atoms with Crippen LogP contribution in [-0.4, -0.2) is 13.6 Å². The van der Waals surface area contributed by atoms with E-state index in [2.05, 4.69) is 15.9 Å². The molecule has 0 spiro atoms. The highest BCUT2D eigenvalue weighted by atomic mass is 79.9. The summed E-state index contributed by atoms with van der Waals surface area (Å²) in [5.74, 6) is 0.0753. The van der Waals surface area contributed by atoms with E-state index < -0.39 is 0 Å². The van der Waals surface area contributed by atoms with Gasteiger partial charge in [-0.15, -0.1) is 0 Å². The Labute approximate surface area is 103 Å². The van der Waals surface area contributed by atoms with E-state index in [1.165, 1.54) is 0 Å². The fraction of sp³-hybridized carbons (Fsp3) is 0. The van der Waals surface area contributed by atoms with Gasteiger partial charge in [0.15, 0.2) is 5.78 Å². The molecule has 1 aliphatic rings. The Morgan fingerprint density at radius 2 is 1.62 bits per heavy atom. The van der Waals surface area contributed by atoms with Gasteiger partial charge in [0.25, 0.3) is 0 Å². The van der Waals surface area contributed by atoms with Gasteiger partial charge in [0.1, 0.15) is 7.85 Å². The Kier molecular flexibility index (Phi) is 2.05. The van der Waals surface area contributed by atoms with Gasteiger partial charge in [-0.3, -0.25) is 4.79 Å². The molecule has 1 aliphatic carbocycles. The lowest BCUT2D eigenvalue weighted by Crippen LogP contribution is -2.03. The number of fused-ring (bicyclic) bond motifs is 3. The molecule has 0 saturated heterocycles. The molecule has 0 aliphatic heterocycles. The first-order valence-corrected chi connectivity index (χ1v) is 5.70. The van der Waals surface area contributed by atoms with Crippen molar-refractivity contribution in [3.63, 3.8) is 0 Å². The Morgan fingerprint density at radius 3 is 2.44 bits per heavy atom. The zero-order chi connectivity index (χ0) is 11.3. The second-order valence-corrected chi connectivity index (χ2v) is 4.74. The van der Waals surface area contributed by atoms with Crippen molar-refractivity contribution in [2.45, 2.75) is 0 Å². The normalized spacial score (nSPS) is 12.4. The predicted molar refractivity (Wildman–Crippen MR) is 68.4 cm³/mol. The highest BCUT2D eigenvalue weighted by Crippen LogP contribution is 2.36. The predicted octanol–water partition coefficient (Wildman–Crippen LogP) is 2.45. The average Bonchev–Trinajstić information content (AvgIpc) is 2.52. The molecule has 0 heterocycles. The maximum absolute atomic E-state index is 12.1. The maximum Gasteiger partial charge on any atom is 0.194 e. The number of carbonyl (C=O) groups is 1. The monoisotopic (exact) mass is 268 g/mol. The smallest absolute Gasteiger partial charge is 0.194 e. The van der Waals surface area contributed by atoms with Crippen molar-refractivity contribution in [3.8, 4) is 11.1 Å². The maximum atomic E-state index is 12.1. The van der Waals surface area contributed by atoms with Crippen LogP contribution in [-0.2, 0) is 0 Å². The molecule has 1 nitrogen and oxygen atoms in total. The van der Waals surface area contributed by atoms with Crippen LogP contribution in [0.15, 0.2) is 40.9 Å². The highest BCUT2D eigenvalue weighted by molar-refractivity contribution is 9.10. The highest BCUT2D eigenvalue weighted by Gasteiger charge is 2.26. The molecule has 16 heavy (non-hydrogen) atoms. The quantitative estimate of drug-likeness (QED) is 0.573. The fourth-order valence-corrected chi connectivity index (χ4v) is 2.43. The summed E-state index contributed by atoms with van der Waals surface area (Å²) in [6.45, 7) is 0. The third kappa shape index (κ3) is 1.28. The molecule has 0 amide bonds. The van der Waals surface area contributed by atoms with E-state index in [1.807, 2.05) is 24.3 Å². The molecule has 3 rings (SSSR count). The molecular weight excluding hydrogens is 263 g/mol. The van der Waals surface area contributed by atoms with Crippen LogP contribution in [0.5, 0.6) is 0 Å². The van der Waals surface area contributed by atoms with E-state index in [1.54, 1.807) is 12.1 Å². The van der Waals surface area contributed by atoms with Gasteiger partial charge in [0.05, 0.1) is 0 Å². The lowest BCUT2D eigenvalue weighted by molar-refractivity contribution is 0.104. The van der Waals surface area contributed by atoms with Gasteiger partial charge in [-0.1, -0.05) is 45.7 Å². The van der Waals surface area contributed by atoms with Crippen LogP contribution in [0.3, 0.4) is 0 Å². The van der Waals surface area contributed by atoms with Crippen molar-refractivity contribution in [1.29, 1.82) is 0 Å². The van der Waals surface area contributed by atoms with Gasteiger partial charge in [0.2, 0.25) is 0 Å². The van der Waals surface area contributed by atoms with Crippen LogP contribution in [0.4, 0.5) is 0 Å². The number of halogens is 1. The minimum atomic E-state index is 0.0753. The lowest BCUT2D eigenvalue weighted by atomic mass is 9.92. The van der Waals surface area contributed by atoms with Gasteiger partial charge in [-0.25, -0.2) is 0 Å². The van der Waals surface area contributed by atoms with Crippen LogP contribution in [0.25, 0.3) is 11.1 Å². The molecule has 0 aromatic heterocycles. The van der Waals surface area contributed by atoms with Crippen LogP contribution < -0.4 is 5.46 Å². The number of hydrogen-bond acceptors (Lipinski definition) is 1. The fourth-order valence-electron chi connectivity index (χ4n) is 2.07. The van der Waals surface area contributed by atoms with Crippen molar-refractivity contribution in [2.24, 2.45) is 0 Å². The Hall–Kier alpha value is -1.35. The molecule has 2 aromatic carbocycles. The zero-order valence-corrected chi connectivity index (χ0v) is 9.91. The van der Waals surface area contributed by atoms with Crippen molar-refractivity contribution >= 4 is 35.0 Å². The van der Waals surface area contributed by atoms with E-state index >= 15 is 0 Å². The second-order valence-electron chi connectivity index (χ2n) is 3.82. The van der Waals surface area contributed by atoms with Crippen LogP contribution in [0.2, 0.25) is 0 Å². The molecule has 0 atom stereocenters. The molecule has 0 unspecified atom stereocenters. The Bertz CT molecular complexity index is 619. The summed E-state index contributed by atoms with van der Waals surface area (Å²) in [7, 11) is 5.74. The van der Waals surface area contributed by atoms with Crippen LogP contribution >= 0.6 is 15.9 Å². The summed E-state index contributed by atoms with van der Waals surface area (Å²) in [5, 5.41) is 0. The Morgan fingerprint density at radius 1 is 0.875 bits per heavy atom. The summed E-state index contributed by atoms with van der Waals surface area (Å²) >= 11 is 3.37. The van der Waals surface area contributed by atoms with E-state index in [0.717, 1.165) is 26.7 Å². The van der Waals surface area contributed by atoms with Crippen LogP contribution in [0.1, 0.15) is 15.9 Å². The average molecular weight is 269 g/mol. The summed E-state index contributed by atoms with van der Waals surface area (Å²) in [4.78, 5) is 12.1. The zero-order valence-electron chi connectivity index (χ0n) is 8.33. The lowest BCUT2D eigenvalue weighted by Gasteiger charge is -2.01. The molecule has 2 radical (unpaired) electrons. The van der Waals surface area contributed by atoms with Gasteiger partial charge in [-0.2, -0.15) is 0 Å². The van der Waals surface area contributed by atoms with Crippen molar-refractivity contribution in [1.82, 2.24) is 0 Å². The summed E-state index contributed by atoms with van der Waals surface area (Å²) in [6.07, 6.45) is 0. The third-order valence-electron chi connectivity index (χ3n) is 2.80. The number of benzene rings is 2. The summed E-state index contributed by atoms with van der Waals surface area (Å²) in [5.41, 5.74) is 4.07. The first-order valence-electron chi connectivity index (χ1n) is 4.91. The topological polar surface area (TPSA) is 17.1 Å². The van der Waals surface area contributed by atoms with Gasteiger partial charge in [0, 0.05) is 15.6 Å². The van der Waals surface area contributed by atoms with Crippen molar-refractivity contribution in [2.75, 3.05) is 0 Å². The molecule has 3 heteroatoms. The van der Waals surface area contributed by atoms with E-state index in [-0.39, 0.29) is 5.78 Å². The van der Waals surface area contributed by atoms with Crippen molar-refractivity contribution < 1.29 is 4.79 Å². The molecule has 0 N–H and O–H groups in total. The number of rotatable bonds is 0. The van der Waals surface area contributed by atoms with Gasteiger partial charge >= 0.3 is 0 Å². The third-order valence-corrected chi connectivity index (χ3v) is 3.30.